The van der Waals surface area contributed by atoms with E-state index in [1.165, 1.54) is 11.1 Å². The molecule has 0 bridgehead atoms. The number of hydrogen-bond acceptors (Lipinski definition) is 1. The van der Waals surface area contributed by atoms with E-state index in [9.17, 15) is 4.79 Å². The number of rotatable bonds is 6. The van der Waals surface area contributed by atoms with Gasteiger partial charge in [0.25, 0.3) is 0 Å². The Labute approximate surface area is 97.9 Å². The van der Waals surface area contributed by atoms with E-state index in [0.29, 0.717) is 12.3 Å². The molecule has 0 radical (unpaired) electrons. The zero-order valence-corrected chi connectivity index (χ0v) is 10.2. The maximum atomic E-state index is 10.6. The first-order valence-electron chi connectivity index (χ1n) is 5.94. The van der Waals surface area contributed by atoms with Gasteiger partial charge in [-0.2, -0.15) is 0 Å². The smallest absolute Gasteiger partial charge is 0.217 e. The number of benzene rings is 1. The average Bonchev–Trinajstić information content (AvgIpc) is 2.19. The first kappa shape index (κ1) is 12.8. The third kappa shape index (κ3) is 4.96. The molecule has 0 atom stereocenters. The van der Waals surface area contributed by atoms with Gasteiger partial charge in [-0.1, -0.05) is 38.1 Å². The van der Waals surface area contributed by atoms with Gasteiger partial charge in [0.2, 0.25) is 5.91 Å². The van der Waals surface area contributed by atoms with Crippen LogP contribution in [0.1, 0.15) is 37.8 Å². The first-order valence-corrected chi connectivity index (χ1v) is 5.94. The van der Waals surface area contributed by atoms with Crippen molar-refractivity contribution in [1.82, 2.24) is 0 Å². The predicted molar refractivity (Wildman–Crippen MR) is 67.1 cm³/mol. The molecule has 1 amide bonds. The van der Waals surface area contributed by atoms with Crippen LogP contribution in [0.4, 0.5) is 0 Å². The van der Waals surface area contributed by atoms with Crippen LogP contribution in [0, 0.1) is 5.92 Å². The van der Waals surface area contributed by atoms with Crippen LogP contribution >= 0.6 is 0 Å². The zero-order valence-electron chi connectivity index (χ0n) is 10.2. The van der Waals surface area contributed by atoms with E-state index < -0.39 is 0 Å². The second-order valence-electron chi connectivity index (χ2n) is 4.73. The number of carbonyl (C=O) groups is 1. The van der Waals surface area contributed by atoms with Crippen LogP contribution in [-0.2, 0) is 17.6 Å². The van der Waals surface area contributed by atoms with Crippen LogP contribution in [0.15, 0.2) is 24.3 Å². The number of aryl methyl sites for hydroxylation is 1. The molecule has 0 heterocycles. The second-order valence-corrected chi connectivity index (χ2v) is 4.73. The molecular weight excluding hydrogens is 198 g/mol. The van der Waals surface area contributed by atoms with E-state index in [4.69, 9.17) is 5.73 Å². The minimum Gasteiger partial charge on any atom is -0.370 e. The zero-order chi connectivity index (χ0) is 12.0. The van der Waals surface area contributed by atoms with Crippen molar-refractivity contribution in [2.24, 2.45) is 11.7 Å². The Morgan fingerprint density at radius 3 is 2.25 bits per heavy atom. The summed E-state index contributed by atoms with van der Waals surface area (Å²) < 4.78 is 0. The third-order valence-electron chi connectivity index (χ3n) is 2.56. The highest BCUT2D eigenvalue weighted by Crippen LogP contribution is 2.11. The van der Waals surface area contributed by atoms with Crippen LogP contribution in [-0.4, -0.2) is 5.91 Å². The van der Waals surface area contributed by atoms with Crippen LogP contribution in [0.25, 0.3) is 0 Å². The second kappa shape index (κ2) is 6.31. The summed E-state index contributed by atoms with van der Waals surface area (Å²) in [5.74, 6) is 0.483. The number of carbonyl (C=O) groups excluding carboxylic acids is 1. The number of primary amides is 1. The van der Waals surface area contributed by atoms with E-state index in [1.807, 2.05) is 0 Å². The SMILES string of the molecule is CC(C)Cc1ccc(CCCC(N)=O)cc1. The molecule has 0 fully saturated rings. The minimum absolute atomic E-state index is 0.212. The lowest BCUT2D eigenvalue weighted by Crippen LogP contribution is -2.10. The largest absolute Gasteiger partial charge is 0.370 e. The van der Waals surface area contributed by atoms with Crippen LogP contribution in [0.3, 0.4) is 0 Å². The molecule has 0 saturated heterocycles. The molecule has 0 aromatic heterocycles. The molecular formula is C14H21NO. The lowest BCUT2D eigenvalue weighted by Gasteiger charge is -2.06. The Bertz CT molecular complexity index is 327. The summed E-state index contributed by atoms with van der Waals surface area (Å²) in [7, 11) is 0. The Balaban J connectivity index is 2.42. The van der Waals surface area contributed by atoms with Crippen molar-refractivity contribution in [3.05, 3.63) is 35.4 Å². The van der Waals surface area contributed by atoms with E-state index in [1.54, 1.807) is 0 Å². The van der Waals surface area contributed by atoms with Crippen LogP contribution in [0.5, 0.6) is 0 Å². The maximum absolute atomic E-state index is 10.6. The number of hydrogen-bond donors (Lipinski definition) is 1. The van der Waals surface area contributed by atoms with Crippen LogP contribution < -0.4 is 5.73 Å². The molecule has 16 heavy (non-hydrogen) atoms. The highest BCUT2D eigenvalue weighted by atomic mass is 16.1. The molecule has 2 N–H and O–H groups in total. The quantitative estimate of drug-likeness (QED) is 0.785. The Morgan fingerprint density at radius 2 is 1.75 bits per heavy atom. The summed E-state index contributed by atoms with van der Waals surface area (Å²) in [6.07, 6.45) is 3.39. The van der Waals surface area contributed by atoms with E-state index in [2.05, 4.69) is 38.1 Å². The molecule has 0 saturated carbocycles. The lowest BCUT2D eigenvalue weighted by atomic mass is 10.00. The summed E-state index contributed by atoms with van der Waals surface area (Å²) in [5, 5.41) is 0. The van der Waals surface area contributed by atoms with Crippen molar-refractivity contribution in [2.75, 3.05) is 0 Å². The van der Waals surface area contributed by atoms with E-state index >= 15 is 0 Å². The van der Waals surface area contributed by atoms with Gasteiger partial charge in [0.05, 0.1) is 0 Å². The van der Waals surface area contributed by atoms with Crippen molar-refractivity contribution < 1.29 is 4.79 Å². The van der Waals surface area contributed by atoms with Gasteiger partial charge < -0.3 is 5.73 Å². The molecule has 1 aromatic carbocycles. The molecule has 88 valence electrons. The van der Waals surface area contributed by atoms with E-state index in [0.717, 1.165) is 19.3 Å². The molecule has 0 aliphatic rings. The summed E-state index contributed by atoms with van der Waals surface area (Å²) in [6.45, 7) is 4.45. The summed E-state index contributed by atoms with van der Waals surface area (Å²) >= 11 is 0. The van der Waals surface area contributed by atoms with Gasteiger partial charge in [0.1, 0.15) is 0 Å². The number of nitrogens with two attached hydrogens (primary N) is 1. The van der Waals surface area contributed by atoms with Gasteiger partial charge >= 0.3 is 0 Å². The van der Waals surface area contributed by atoms with Gasteiger partial charge in [0, 0.05) is 6.42 Å². The number of amides is 1. The van der Waals surface area contributed by atoms with Gasteiger partial charge in [-0.25, -0.2) is 0 Å². The van der Waals surface area contributed by atoms with Gasteiger partial charge in [0.15, 0.2) is 0 Å². The van der Waals surface area contributed by atoms with Crippen molar-refractivity contribution in [1.29, 1.82) is 0 Å². The molecule has 0 aliphatic heterocycles. The Morgan fingerprint density at radius 1 is 1.19 bits per heavy atom. The van der Waals surface area contributed by atoms with Gasteiger partial charge in [-0.05, 0) is 36.3 Å². The monoisotopic (exact) mass is 219 g/mol. The van der Waals surface area contributed by atoms with E-state index in [-0.39, 0.29) is 5.91 Å². The fraction of sp³-hybridized carbons (Fsp3) is 0.500. The van der Waals surface area contributed by atoms with Crippen molar-refractivity contribution in [3.63, 3.8) is 0 Å². The molecule has 0 unspecified atom stereocenters. The standard InChI is InChI=1S/C14H21NO/c1-11(2)10-13-8-6-12(7-9-13)4-3-5-14(15)16/h6-9,11H,3-5,10H2,1-2H3,(H2,15,16). The predicted octanol–water partition coefficient (Wildman–Crippen LogP) is 2.69. The first-order chi connectivity index (χ1) is 7.58. The lowest BCUT2D eigenvalue weighted by molar-refractivity contribution is -0.118. The van der Waals surface area contributed by atoms with Gasteiger partial charge in [-0.15, -0.1) is 0 Å². The van der Waals surface area contributed by atoms with Crippen molar-refractivity contribution in [2.45, 2.75) is 39.5 Å². The molecule has 1 aromatic rings. The molecule has 0 aliphatic carbocycles. The highest BCUT2D eigenvalue weighted by Gasteiger charge is 1.99. The highest BCUT2D eigenvalue weighted by molar-refractivity contribution is 5.73. The fourth-order valence-electron chi connectivity index (χ4n) is 1.78. The third-order valence-corrected chi connectivity index (χ3v) is 2.56. The average molecular weight is 219 g/mol. The van der Waals surface area contributed by atoms with Gasteiger partial charge in [-0.3, -0.25) is 4.79 Å². The molecule has 0 spiro atoms. The Hall–Kier alpha value is -1.31. The molecule has 1 rings (SSSR count). The summed E-state index contributed by atoms with van der Waals surface area (Å²) in [4.78, 5) is 10.6. The fourth-order valence-corrected chi connectivity index (χ4v) is 1.78. The van der Waals surface area contributed by atoms with Crippen LogP contribution in [0.2, 0.25) is 0 Å². The summed E-state index contributed by atoms with van der Waals surface area (Å²) in [6, 6.07) is 8.66. The maximum Gasteiger partial charge on any atom is 0.217 e. The molecule has 2 nitrogen and oxygen atoms in total. The minimum atomic E-state index is -0.212. The summed E-state index contributed by atoms with van der Waals surface area (Å²) in [5.41, 5.74) is 7.77. The topological polar surface area (TPSA) is 43.1 Å². The normalized spacial score (nSPS) is 10.7. The molecule has 2 heteroatoms. The van der Waals surface area contributed by atoms with Crippen molar-refractivity contribution in [3.8, 4) is 0 Å². The Kier molecular flexibility index (Phi) is 5.03. The van der Waals surface area contributed by atoms with Crippen molar-refractivity contribution >= 4 is 5.91 Å².